The number of carbonyl (C=O) groups is 1. The third-order valence-electron chi connectivity index (χ3n) is 5.92. The predicted molar refractivity (Wildman–Crippen MR) is 133 cm³/mol. The first-order chi connectivity index (χ1) is 15.7. The Kier molecular flexibility index (Phi) is 5.95. The van der Waals surface area contributed by atoms with E-state index >= 15 is 0 Å². The second-order valence-corrected chi connectivity index (χ2v) is 11.9. The third-order valence-corrected chi connectivity index (χ3v) is 7.33. The fourth-order valence-corrected chi connectivity index (χ4v) is 5.73. The number of carboxylic acid groups (broad SMARTS) is 1. The Morgan fingerprint density at radius 1 is 1.18 bits per heavy atom. The van der Waals surface area contributed by atoms with Crippen LogP contribution < -0.4 is 4.31 Å². The summed E-state index contributed by atoms with van der Waals surface area (Å²) in [7, 11) is -3.62. The highest BCUT2D eigenvalue weighted by atomic mass is 35.5. The van der Waals surface area contributed by atoms with E-state index in [1.165, 1.54) is 4.31 Å². The SMILES string of the molecule is Cc1c([C@@H](OC(C)(C)C)C(=O)O)c(-c2ccc(Cl)cc2)c2nc(C)n3c2c1N(S(C)(=O)=O)CC3. The minimum absolute atomic E-state index is 0.233. The fourth-order valence-electron chi connectivity index (χ4n) is 4.64. The number of aliphatic carboxylic acids is 1. The molecule has 0 unspecified atom stereocenters. The first-order valence-corrected chi connectivity index (χ1v) is 13.1. The molecule has 0 spiro atoms. The maximum absolute atomic E-state index is 12.8. The van der Waals surface area contributed by atoms with Gasteiger partial charge in [0, 0.05) is 22.7 Å². The molecular weight excluding hydrogens is 478 g/mol. The number of aryl methyl sites for hydroxylation is 1. The van der Waals surface area contributed by atoms with Gasteiger partial charge in [-0.15, -0.1) is 0 Å². The zero-order chi connectivity index (χ0) is 25.2. The van der Waals surface area contributed by atoms with Crippen molar-refractivity contribution in [3.63, 3.8) is 0 Å². The van der Waals surface area contributed by atoms with Crippen LogP contribution in [0.1, 0.15) is 43.8 Å². The summed E-state index contributed by atoms with van der Waals surface area (Å²) < 4.78 is 34.9. The van der Waals surface area contributed by atoms with Crippen LogP contribution in [0.15, 0.2) is 24.3 Å². The lowest BCUT2D eigenvalue weighted by Crippen LogP contribution is -2.37. The lowest BCUT2D eigenvalue weighted by Gasteiger charge is -2.34. The first kappa shape index (κ1) is 24.5. The average Bonchev–Trinajstić information content (AvgIpc) is 3.05. The zero-order valence-electron chi connectivity index (χ0n) is 20.0. The minimum Gasteiger partial charge on any atom is -0.479 e. The Labute approximate surface area is 204 Å². The Hall–Kier alpha value is -2.62. The summed E-state index contributed by atoms with van der Waals surface area (Å²) in [5, 5.41) is 10.8. The van der Waals surface area contributed by atoms with Crippen molar-refractivity contribution >= 4 is 44.3 Å². The van der Waals surface area contributed by atoms with E-state index < -0.39 is 27.7 Å². The Morgan fingerprint density at radius 3 is 2.32 bits per heavy atom. The molecule has 2 aromatic carbocycles. The van der Waals surface area contributed by atoms with Crippen molar-refractivity contribution in [3.05, 3.63) is 46.2 Å². The number of benzene rings is 2. The molecule has 1 aliphatic rings. The Morgan fingerprint density at radius 2 is 1.79 bits per heavy atom. The van der Waals surface area contributed by atoms with Crippen LogP contribution in [0, 0.1) is 13.8 Å². The van der Waals surface area contributed by atoms with Gasteiger partial charge in [0.25, 0.3) is 0 Å². The summed E-state index contributed by atoms with van der Waals surface area (Å²) >= 11 is 6.13. The Bertz CT molecular complexity index is 1410. The number of imidazole rings is 1. The number of rotatable bonds is 5. The lowest BCUT2D eigenvalue weighted by atomic mass is 9.88. The van der Waals surface area contributed by atoms with Gasteiger partial charge in [-0.1, -0.05) is 23.7 Å². The van der Waals surface area contributed by atoms with Crippen molar-refractivity contribution in [1.82, 2.24) is 9.55 Å². The summed E-state index contributed by atoms with van der Waals surface area (Å²) in [5.74, 6) is -0.447. The molecule has 1 N–H and O–H groups in total. The van der Waals surface area contributed by atoms with E-state index in [0.717, 1.165) is 17.6 Å². The quantitative estimate of drug-likeness (QED) is 0.539. The van der Waals surface area contributed by atoms with Gasteiger partial charge in [-0.25, -0.2) is 18.2 Å². The molecule has 1 aliphatic heterocycles. The molecule has 34 heavy (non-hydrogen) atoms. The summed E-state index contributed by atoms with van der Waals surface area (Å²) in [6, 6.07) is 7.08. The molecule has 0 radical (unpaired) electrons. The van der Waals surface area contributed by atoms with Gasteiger partial charge in [0.1, 0.15) is 5.82 Å². The fraction of sp³-hybridized carbons (Fsp3) is 0.417. The molecule has 0 fully saturated rings. The van der Waals surface area contributed by atoms with E-state index in [1.807, 2.05) is 23.6 Å². The smallest absolute Gasteiger partial charge is 0.337 e. The van der Waals surface area contributed by atoms with Crippen LogP contribution in [0.25, 0.3) is 22.2 Å². The van der Waals surface area contributed by atoms with E-state index in [1.54, 1.807) is 39.8 Å². The largest absolute Gasteiger partial charge is 0.479 e. The monoisotopic (exact) mass is 505 g/mol. The maximum Gasteiger partial charge on any atom is 0.337 e. The summed E-state index contributed by atoms with van der Waals surface area (Å²) in [5.41, 5.74) is 3.10. The summed E-state index contributed by atoms with van der Waals surface area (Å²) in [6.07, 6.45) is -0.190. The lowest BCUT2D eigenvalue weighted by molar-refractivity contribution is -0.160. The zero-order valence-corrected chi connectivity index (χ0v) is 21.6. The number of hydrogen-bond acceptors (Lipinski definition) is 5. The standard InChI is InChI=1S/C24H28ClN3O5S/c1-13-17(22(23(29)30)33-24(3,4)5)18(15-7-9-16(25)10-8-15)19-21-20(13)28(34(6,31)32)12-11-27(21)14(2)26-19/h7-10,22H,11-12H2,1-6H3,(H,29,30)/t22-/m1/s1. The number of sulfonamides is 1. The molecule has 8 nitrogen and oxygen atoms in total. The maximum atomic E-state index is 12.8. The molecule has 182 valence electrons. The molecule has 0 saturated carbocycles. The normalized spacial score (nSPS) is 15.1. The molecule has 0 amide bonds. The van der Waals surface area contributed by atoms with Gasteiger partial charge in [-0.3, -0.25) is 4.31 Å². The number of aromatic nitrogens is 2. The van der Waals surface area contributed by atoms with Crippen molar-refractivity contribution in [2.45, 2.75) is 52.9 Å². The molecule has 0 aliphatic carbocycles. The number of anilines is 1. The second kappa shape index (κ2) is 8.25. The van der Waals surface area contributed by atoms with Crippen LogP contribution in [0.2, 0.25) is 5.02 Å². The molecule has 0 saturated heterocycles. The molecule has 4 rings (SSSR count). The van der Waals surface area contributed by atoms with Gasteiger partial charge >= 0.3 is 5.97 Å². The average molecular weight is 506 g/mol. The summed E-state index contributed by atoms with van der Waals surface area (Å²) in [6.45, 7) is 9.64. The summed E-state index contributed by atoms with van der Waals surface area (Å²) in [4.78, 5) is 17.4. The van der Waals surface area contributed by atoms with Gasteiger partial charge in [0.15, 0.2) is 6.10 Å². The van der Waals surface area contributed by atoms with E-state index in [2.05, 4.69) is 0 Å². The number of halogens is 1. The van der Waals surface area contributed by atoms with Crippen molar-refractivity contribution in [3.8, 4) is 11.1 Å². The van der Waals surface area contributed by atoms with E-state index in [9.17, 15) is 18.3 Å². The highest BCUT2D eigenvalue weighted by Crippen LogP contribution is 2.47. The van der Waals surface area contributed by atoms with E-state index in [0.29, 0.717) is 45.0 Å². The van der Waals surface area contributed by atoms with E-state index in [4.69, 9.17) is 21.3 Å². The first-order valence-electron chi connectivity index (χ1n) is 10.9. The van der Waals surface area contributed by atoms with Crippen molar-refractivity contribution < 1.29 is 23.1 Å². The van der Waals surface area contributed by atoms with Crippen molar-refractivity contribution in [2.75, 3.05) is 17.1 Å². The molecule has 1 atom stereocenters. The highest BCUT2D eigenvalue weighted by molar-refractivity contribution is 7.92. The van der Waals surface area contributed by atoms with Gasteiger partial charge in [-0.2, -0.15) is 0 Å². The van der Waals surface area contributed by atoms with Gasteiger partial charge < -0.3 is 14.4 Å². The van der Waals surface area contributed by atoms with Crippen LogP contribution in [0.3, 0.4) is 0 Å². The van der Waals surface area contributed by atoms with Gasteiger partial charge in [0.2, 0.25) is 10.0 Å². The number of nitrogens with zero attached hydrogens (tertiary/aromatic N) is 3. The Balaban J connectivity index is 2.21. The molecule has 1 aromatic heterocycles. The topological polar surface area (TPSA) is 102 Å². The third kappa shape index (κ3) is 4.16. The number of ether oxygens (including phenoxy) is 1. The van der Waals surface area contributed by atoms with Crippen molar-refractivity contribution in [2.24, 2.45) is 0 Å². The van der Waals surface area contributed by atoms with Crippen molar-refractivity contribution in [1.29, 1.82) is 0 Å². The number of carboxylic acids is 1. The number of hydrogen-bond donors (Lipinski definition) is 1. The second-order valence-electron chi connectivity index (χ2n) is 9.56. The van der Waals surface area contributed by atoms with Crippen LogP contribution in [0.5, 0.6) is 0 Å². The molecular formula is C24H28ClN3O5S. The molecule has 10 heteroatoms. The van der Waals surface area contributed by atoms with Crippen LogP contribution >= 0.6 is 11.6 Å². The highest BCUT2D eigenvalue weighted by Gasteiger charge is 2.38. The molecule has 3 aromatic rings. The molecule has 2 heterocycles. The van der Waals surface area contributed by atoms with Gasteiger partial charge in [0.05, 0.1) is 35.1 Å². The van der Waals surface area contributed by atoms with Gasteiger partial charge in [-0.05, 0) is 57.9 Å². The van der Waals surface area contributed by atoms with Crippen LogP contribution in [-0.2, 0) is 26.1 Å². The minimum atomic E-state index is -3.62. The predicted octanol–water partition coefficient (Wildman–Crippen LogP) is 4.69. The van der Waals surface area contributed by atoms with E-state index in [-0.39, 0.29) is 6.54 Å². The van der Waals surface area contributed by atoms with Crippen LogP contribution in [-0.4, -0.2) is 47.4 Å². The van der Waals surface area contributed by atoms with Crippen LogP contribution in [0.4, 0.5) is 5.69 Å². The molecule has 0 bridgehead atoms.